The first-order valence-corrected chi connectivity index (χ1v) is 16.6. The number of carbonyl (C=O) groups is 3. The van der Waals surface area contributed by atoms with Crippen LogP contribution >= 0.6 is 21.6 Å². The van der Waals surface area contributed by atoms with Gasteiger partial charge in [-0.1, -0.05) is 47.8 Å². The van der Waals surface area contributed by atoms with Gasteiger partial charge in [-0.2, -0.15) is 0 Å². The van der Waals surface area contributed by atoms with E-state index in [9.17, 15) is 14.4 Å². The molecule has 0 spiro atoms. The van der Waals surface area contributed by atoms with E-state index >= 15 is 0 Å². The zero-order valence-electron chi connectivity index (χ0n) is 25.4. The summed E-state index contributed by atoms with van der Waals surface area (Å²) in [6.07, 6.45) is 7.12. The van der Waals surface area contributed by atoms with Crippen molar-refractivity contribution >= 4 is 50.5 Å². The average Bonchev–Trinajstić information content (AvgIpc) is 3.46. The van der Waals surface area contributed by atoms with Crippen LogP contribution in [0.1, 0.15) is 90.3 Å². The van der Waals surface area contributed by atoms with E-state index in [1.165, 1.54) is 29.9 Å². The molecule has 1 aromatic carbocycles. The van der Waals surface area contributed by atoms with Crippen molar-refractivity contribution in [3.8, 4) is 0 Å². The Balaban J connectivity index is 0.000000787. The summed E-state index contributed by atoms with van der Waals surface area (Å²) in [6.45, 7) is 7.56. The molecule has 1 saturated carbocycles. The number of benzene rings is 1. The van der Waals surface area contributed by atoms with Crippen LogP contribution in [-0.2, 0) is 14.3 Å². The number of hydrogen-bond acceptors (Lipinski definition) is 10. The second kappa shape index (κ2) is 20.2. The van der Waals surface area contributed by atoms with Crippen LogP contribution < -0.4 is 0 Å². The summed E-state index contributed by atoms with van der Waals surface area (Å²) in [5, 5.41) is 16.0. The van der Waals surface area contributed by atoms with Gasteiger partial charge in [0.1, 0.15) is 11.0 Å². The van der Waals surface area contributed by atoms with E-state index < -0.39 is 5.97 Å². The molecule has 1 heterocycles. The predicted molar refractivity (Wildman–Crippen MR) is 170 cm³/mol. The second-order valence-electron chi connectivity index (χ2n) is 9.91. The molecule has 1 aliphatic carbocycles. The summed E-state index contributed by atoms with van der Waals surface area (Å²) in [5.74, 6) is -0.136. The zero-order valence-corrected chi connectivity index (χ0v) is 27.0. The minimum Gasteiger partial charge on any atom is -0.481 e. The minimum atomic E-state index is -0.885. The molecule has 0 saturated heterocycles. The number of carboxylic acids is 1. The third-order valence-electron chi connectivity index (χ3n) is 7.04. The molecule has 13 heteroatoms. The Morgan fingerprint density at radius 1 is 1.07 bits per heavy atom. The number of nitrogens with zero attached hydrogens (tertiary/aromatic N) is 4. The average molecular weight is 629 g/mol. The van der Waals surface area contributed by atoms with E-state index in [0.29, 0.717) is 42.1 Å². The quantitative estimate of drug-likeness (QED) is 0.199. The third kappa shape index (κ3) is 12.6. The lowest BCUT2D eigenvalue weighted by Gasteiger charge is -2.31. The molecule has 1 fully saturated rings. The number of esters is 1. The van der Waals surface area contributed by atoms with Crippen LogP contribution in [0.15, 0.2) is 33.4 Å². The molecule has 1 amide bonds. The number of fused-ring (bicyclic) bond motifs is 1. The molecule has 11 nitrogen and oxygen atoms in total. The van der Waals surface area contributed by atoms with Crippen molar-refractivity contribution in [2.24, 2.45) is 0 Å². The molecular weight excluding hydrogens is 580 g/mol. The molecule has 0 radical (unpaired) electrons. The van der Waals surface area contributed by atoms with E-state index in [1.807, 2.05) is 19.0 Å². The number of hydrogen-bond donors (Lipinski definition) is 1. The van der Waals surface area contributed by atoms with Crippen LogP contribution in [0, 0.1) is 0 Å². The highest BCUT2D eigenvalue weighted by Crippen LogP contribution is 2.34. The lowest BCUT2D eigenvalue weighted by molar-refractivity contribution is -0.144. The van der Waals surface area contributed by atoms with E-state index in [1.54, 1.807) is 39.8 Å². The maximum Gasteiger partial charge on any atom is 0.305 e. The Morgan fingerprint density at radius 3 is 2.40 bits per heavy atom. The fraction of sp³-hybridized carbons (Fsp3) is 0.621. The van der Waals surface area contributed by atoms with Gasteiger partial charge in [0.2, 0.25) is 0 Å². The van der Waals surface area contributed by atoms with Gasteiger partial charge in [0.15, 0.2) is 0 Å². The smallest absolute Gasteiger partial charge is 0.305 e. The van der Waals surface area contributed by atoms with Crippen molar-refractivity contribution in [1.29, 1.82) is 0 Å². The number of ether oxygens (including phenoxy) is 1. The van der Waals surface area contributed by atoms with Gasteiger partial charge < -0.3 is 25.1 Å². The monoisotopic (exact) mass is 628 g/mol. The molecule has 0 unspecified atom stereocenters. The number of allylic oxidation sites excluding steroid dienone is 1. The highest BCUT2D eigenvalue weighted by atomic mass is 33.1. The Morgan fingerprint density at radius 2 is 1.76 bits per heavy atom. The van der Waals surface area contributed by atoms with Crippen LogP contribution in [0.3, 0.4) is 0 Å². The summed E-state index contributed by atoms with van der Waals surface area (Å²) in [7, 11) is 7.45. The predicted octanol–water partition coefficient (Wildman–Crippen LogP) is 5.81. The summed E-state index contributed by atoms with van der Waals surface area (Å²) < 4.78 is 9.84. The first kappa shape index (κ1) is 37.3. The normalized spacial score (nSPS) is 13.7. The number of rotatable bonds is 14. The standard InChI is InChI=1S/C15H27NO4S2.C14H17N3O2.H2O.H2/c1-5-16(4)12(3)13(22-21-6-2)10-11-20-15(19)9-7-8-14(17)18;1-17(11-5-3-2-4-6-11)14(18)10-7-8-12-13(9-10)16-19-15-12;;/h5-11H2,1-4H3,(H,17,18);7-9,11H,2-6H2,1H3;1H2;1H/b13-12-;;;. The maximum atomic E-state index is 12.5. The van der Waals surface area contributed by atoms with Gasteiger partial charge in [-0.15, -0.1) is 0 Å². The number of aromatic nitrogens is 2. The molecule has 0 bridgehead atoms. The Hall–Kier alpha value is -2.77. The molecule has 3 rings (SSSR count). The lowest BCUT2D eigenvalue weighted by Crippen LogP contribution is -2.38. The number of carboxylic acid groups (broad SMARTS) is 1. The topological polar surface area (TPSA) is 158 Å². The lowest BCUT2D eigenvalue weighted by atomic mass is 9.94. The molecule has 0 atom stereocenters. The number of carbonyl (C=O) groups excluding carboxylic acids is 2. The van der Waals surface area contributed by atoms with Crippen molar-refractivity contribution in [3.63, 3.8) is 0 Å². The fourth-order valence-corrected chi connectivity index (χ4v) is 6.42. The van der Waals surface area contributed by atoms with E-state index in [2.05, 4.69) is 40.6 Å². The highest BCUT2D eigenvalue weighted by molar-refractivity contribution is 8.78. The first-order chi connectivity index (χ1) is 19.7. The maximum absolute atomic E-state index is 12.5. The summed E-state index contributed by atoms with van der Waals surface area (Å²) in [5.41, 5.74) is 3.16. The molecule has 1 aliphatic rings. The van der Waals surface area contributed by atoms with Gasteiger partial charge >= 0.3 is 11.9 Å². The van der Waals surface area contributed by atoms with Crippen molar-refractivity contribution in [3.05, 3.63) is 34.4 Å². The van der Waals surface area contributed by atoms with E-state index in [-0.39, 0.29) is 31.6 Å². The Bertz CT molecular complexity index is 1160. The van der Waals surface area contributed by atoms with Gasteiger partial charge in [-0.3, -0.25) is 14.4 Å². The first-order valence-electron chi connectivity index (χ1n) is 14.2. The van der Waals surface area contributed by atoms with Crippen molar-refractivity contribution in [2.75, 3.05) is 33.0 Å². The largest absolute Gasteiger partial charge is 0.481 e. The van der Waals surface area contributed by atoms with Gasteiger partial charge in [-0.05, 0) is 61.6 Å². The Kier molecular flexibility index (Phi) is 17.9. The van der Waals surface area contributed by atoms with Gasteiger partial charge in [0.25, 0.3) is 5.91 Å². The van der Waals surface area contributed by atoms with Crippen LogP contribution in [0.5, 0.6) is 0 Å². The molecular formula is C29H48N4O7S2. The van der Waals surface area contributed by atoms with Crippen LogP contribution in [0.4, 0.5) is 0 Å². The molecule has 1 aromatic heterocycles. The summed E-state index contributed by atoms with van der Waals surface area (Å²) in [4.78, 5) is 39.6. The van der Waals surface area contributed by atoms with Gasteiger partial charge in [0.05, 0.1) is 6.61 Å². The molecule has 238 valence electrons. The van der Waals surface area contributed by atoms with Crippen LogP contribution in [-0.4, -0.2) is 87.6 Å². The SMILES string of the molecule is CCSS/C(CCOC(=O)CCCC(=O)O)=C(/C)N(C)CC.CN(C(=O)c1ccc2nonc2c1)C1CCCCC1.O.[HH]. The molecule has 42 heavy (non-hydrogen) atoms. The van der Waals surface area contributed by atoms with Crippen molar-refractivity contribution in [1.82, 2.24) is 20.1 Å². The van der Waals surface area contributed by atoms with Crippen LogP contribution in [0.25, 0.3) is 11.0 Å². The minimum absolute atomic E-state index is 0. The Labute approximate surface area is 257 Å². The highest BCUT2D eigenvalue weighted by Gasteiger charge is 2.23. The van der Waals surface area contributed by atoms with E-state index in [0.717, 1.165) is 25.1 Å². The second-order valence-corrected chi connectivity index (χ2v) is 12.6. The fourth-order valence-electron chi connectivity index (χ4n) is 4.33. The number of amides is 1. The van der Waals surface area contributed by atoms with Crippen molar-refractivity contribution < 1.29 is 35.8 Å². The summed E-state index contributed by atoms with van der Waals surface area (Å²) >= 11 is 0. The third-order valence-corrected chi connectivity index (χ3v) is 9.75. The zero-order chi connectivity index (χ0) is 30.2. The van der Waals surface area contributed by atoms with Crippen molar-refractivity contribution in [2.45, 2.75) is 84.6 Å². The van der Waals surface area contributed by atoms with E-state index in [4.69, 9.17) is 9.84 Å². The van der Waals surface area contributed by atoms with Crippen LogP contribution in [0.2, 0.25) is 0 Å². The molecule has 3 N–H and O–H groups in total. The molecule has 0 aliphatic heterocycles. The number of aliphatic carboxylic acids is 1. The summed E-state index contributed by atoms with van der Waals surface area (Å²) in [6, 6.07) is 5.67. The van der Waals surface area contributed by atoms with Gasteiger partial charge in [0, 0.05) is 69.3 Å². The molecule has 2 aromatic rings. The van der Waals surface area contributed by atoms with Gasteiger partial charge in [-0.25, -0.2) is 4.63 Å².